The molecule has 0 bridgehead atoms. The SMILES string of the molecule is Cc1cc(CN2CCCCC2CCN)ccc1F.Cl. The van der Waals surface area contributed by atoms with E-state index in [2.05, 4.69) is 4.90 Å². The summed E-state index contributed by atoms with van der Waals surface area (Å²) in [6.07, 6.45) is 4.89. The van der Waals surface area contributed by atoms with Crippen LogP contribution in [0.15, 0.2) is 18.2 Å². The van der Waals surface area contributed by atoms with Crippen molar-refractivity contribution >= 4 is 12.4 Å². The maximum absolute atomic E-state index is 13.2. The Bertz CT molecular complexity index is 396. The number of nitrogens with two attached hydrogens (primary N) is 1. The Morgan fingerprint density at radius 3 is 2.84 bits per heavy atom. The van der Waals surface area contributed by atoms with Gasteiger partial charge in [-0.2, -0.15) is 0 Å². The van der Waals surface area contributed by atoms with Crippen molar-refractivity contribution in [3.63, 3.8) is 0 Å². The van der Waals surface area contributed by atoms with Gasteiger partial charge in [-0.15, -0.1) is 12.4 Å². The van der Waals surface area contributed by atoms with Gasteiger partial charge in [-0.1, -0.05) is 18.6 Å². The van der Waals surface area contributed by atoms with Gasteiger partial charge in [-0.3, -0.25) is 4.90 Å². The molecule has 1 atom stereocenters. The van der Waals surface area contributed by atoms with Crippen molar-refractivity contribution in [1.29, 1.82) is 0 Å². The Hall–Kier alpha value is -0.640. The third kappa shape index (κ3) is 4.44. The molecule has 0 amide bonds. The van der Waals surface area contributed by atoms with Crippen LogP contribution < -0.4 is 5.73 Å². The Labute approximate surface area is 121 Å². The summed E-state index contributed by atoms with van der Waals surface area (Å²) in [6.45, 7) is 4.64. The highest BCUT2D eigenvalue weighted by molar-refractivity contribution is 5.85. The first-order valence-corrected chi connectivity index (χ1v) is 6.90. The number of likely N-dealkylation sites (tertiary alicyclic amines) is 1. The van der Waals surface area contributed by atoms with Gasteiger partial charge in [0.2, 0.25) is 0 Å². The zero-order chi connectivity index (χ0) is 13.0. The molecule has 108 valence electrons. The number of piperidine rings is 1. The molecular formula is C15H24ClFN2. The van der Waals surface area contributed by atoms with Crippen molar-refractivity contribution in [2.75, 3.05) is 13.1 Å². The van der Waals surface area contributed by atoms with Crippen LogP contribution in [0.1, 0.15) is 36.8 Å². The van der Waals surface area contributed by atoms with Crippen LogP contribution in [0.2, 0.25) is 0 Å². The summed E-state index contributed by atoms with van der Waals surface area (Å²) in [6, 6.07) is 6.04. The number of hydrogen-bond donors (Lipinski definition) is 1. The van der Waals surface area contributed by atoms with Gasteiger partial charge in [0.15, 0.2) is 0 Å². The Morgan fingerprint density at radius 1 is 1.37 bits per heavy atom. The van der Waals surface area contributed by atoms with E-state index in [1.54, 1.807) is 6.07 Å². The van der Waals surface area contributed by atoms with E-state index in [9.17, 15) is 4.39 Å². The van der Waals surface area contributed by atoms with Crippen molar-refractivity contribution in [3.8, 4) is 0 Å². The smallest absolute Gasteiger partial charge is 0.126 e. The van der Waals surface area contributed by atoms with Crippen molar-refractivity contribution in [1.82, 2.24) is 4.90 Å². The van der Waals surface area contributed by atoms with Gasteiger partial charge in [0.1, 0.15) is 5.82 Å². The van der Waals surface area contributed by atoms with E-state index in [4.69, 9.17) is 5.73 Å². The maximum atomic E-state index is 13.2. The largest absolute Gasteiger partial charge is 0.330 e. The summed E-state index contributed by atoms with van der Waals surface area (Å²) >= 11 is 0. The summed E-state index contributed by atoms with van der Waals surface area (Å²) < 4.78 is 13.2. The number of aryl methyl sites for hydroxylation is 1. The molecule has 2 N–H and O–H groups in total. The monoisotopic (exact) mass is 286 g/mol. The number of benzene rings is 1. The molecule has 1 fully saturated rings. The molecule has 1 heterocycles. The molecular weight excluding hydrogens is 263 g/mol. The summed E-state index contributed by atoms with van der Waals surface area (Å²) in [7, 11) is 0. The molecule has 0 aromatic heterocycles. The lowest BCUT2D eigenvalue weighted by molar-refractivity contribution is 0.134. The molecule has 2 rings (SSSR count). The molecule has 1 aromatic rings. The average molecular weight is 287 g/mol. The normalized spacial score (nSPS) is 20.1. The van der Waals surface area contributed by atoms with Gasteiger partial charge in [0, 0.05) is 12.6 Å². The van der Waals surface area contributed by atoms with Crippen LogP contribution in [0.4, 0.5) is 4.39 Å². The summed E-state index contributed by atoms with van der Waals surface area (Å²) in [4.78, 5) is 2.50. The van der Waals surface area contributed by atoms with Crippen LogP contribution in [-0.4, -0.2) is 24.0 Å². The fourth-order valence-electron chi connectivity index (χ4n) is 2.83. The van der Waals surface area contributed by atoms with Crippen molar-refractivity contribution < 1.29 is 4.39 Å². The molecule has 1 aromatic carbocycles. The molecule has 1 aliphatic rings. The second-order valence-corrected chi connectivity index (χ2v) is 5.28. The highest BCUT2D eigenvalue weighted by atomic mass is 35.5. The molecule has 0 radical (unpaired) electrons. The highest BCUT2D eigenvalue weighted by Crippen LogP contribution is 2.22. The Balaban J connectivity index is 0.00000180. The minimum Gasteiger partial charge on any atom is -0.330 e. The Morgan fingerprint density at radius 2 is 2.16 bits per heavy atom. The molecule has 1 aliphatic heterocycles. The van der Waals surface area contributed by atoms with Gasteiger partial charge in [-0.25, -0.2) is 4.39 Å². The molecule has 19 heavy (non-hydrogen) atoms. The minimum absolute atomic E-state index is 0. The van der Waals surface area contributed by atoms with Crippen molar-refractivity contribution in [2.24, 2.45) is 5.73 Å². The average Bonchev–Trinajstić information content (AvgIpc) is 2.37. The van der Waals surface area contributed by atoms with E-state index in [0.29, 0.717) is 6.04 Å². The molecule has 0 aliphatic carbocycles. The van der Waals surface area contributed by atoms with Crippen LogP contribution in [0.5, 0.6) is 0 Å². The van der Waals surface area contributed by atoms with Gasteiger partial charge < -0.3 is 5.73 Å². The first kappa shape index (κ1) is 16.4. The van der Waals surface area contributed by atoms with E-state index >= 15 is 0 Å². The fraction of sp³-hybridized carbons (Fsp3) is 0.600. The molecule has 4 heteroatoms. The number of nitrogens with zero attached hydrogens (tertiary/aromatic N) is 1. The quantitative estimate of drug-likeness (QED) is 0.920. The summed E-state index contributed by atoms with van der Waals surface area (Å²) in [5.41, 5.74) is 7.63. The lowest BCUT2D eigenvalue weighted by Crippen LogP contribution is -2.40. The van der Waals surface area contributed by atoms with Gasteiger partial charge in [0.05, 0.1) is 0 Å². The maximum Gasteiger partial charge on any atom is 0.126 e. The zero-order valence-corrected chi connectivity index (χ0v) is 12.4. The predicted octanol–water partition coefficient (Wildman–Crippen LogP) is 3.26. The standard InChI is InChI=1S/C15H23FN2.ClH/c1-12-10-13(5-6-15(12)16)11-18-9-3-2-4-14(18)7-8-17;/h5-6,10,14H,2-4,7-9,11,17H2,1H3;1H. The zero-order valence-electron chi connectivity index (χ0n) is 11.6. The second-order valence-electron chi connectivity index (χ2n) is 5.28. The van der Waals surface area contributed by atoms with E-state index in [1.807, 2.05) is 19.1 Å². The number of hydrogen-bond acceptors (Lipinski definition) is 2. The predicted molar refractivity (Wildman–Crippen MR) is 80.1 cm³/mol. The molecule has 1 saturated heterocycles. The first-order valence-electron chi connectivity index (χ1n) is 6.90. The van der Waals surface area contributed by atoms with Crippen LogP contribution in [0.25, 0.3) is 0 Å². The molecule has 2 nitrogen and oxygen atoms in total. The molecule has 0 saturated carbocycles. The van der Waals surface area contributed by atoms with E-state index in [0.717, 1.165) is 31.6 Å². The number of rotatable bonds is 4. The highest BCUT2D eigenvalue weighted by Gasteiger charge is 2.21. The van der Waals surface area contributed by atoms with Crippen LogP contribution in [0.3, 0.4) is 0 Å². The van der Waals surface area contributed by atoms with Gasteiger partial charge >= 0.3 is 0 Å². The number of halogens is 2. The topological polar surface area (TPSA) is 29.3 Å². The van der Waals surface area contributed by atoms with Crippen LogP contribution in [0, 0.1) is 12.7 Å². The summed E-state index contributed by atoms with van der Waals surface area (Å²) in [5.74, 6) is -0.115. The lowest BCUT2D eigenvalue weighted by atomic mass is 9.98. The second kappa shape index (κ2) is 7.83. The molecule has 1 unspecified atom stereocenters. The van der Waals surface area contributed by atoms with Crippen molar-refractivity contribution in [2.45, 2.75) is 45.2 Å². The van der Waals surface area contributed by atoms with Crippen LogP contribution in [-0.2, 0) is 6.54 Å². The lowest BCUT2D eigenvalue weighted by Gasteiger charge is -2.35. The van der Waals surface area contributed by atoms with E-state index in [-0.39, 0.29) is 18.2 Å². The van der Waals surface area contributed by atoms with Gasteiger partial charge in [-0.05, 0) is 56.5 Å². The van der Waals surface area contributed by atoms with Crippen LogP contribution >= 0.6 is 12.4 Å². The fourth-order valence-corrected chi connectivity index (χ4v) is 2.83. The van der Waals surface area contributed by atoms with Gasteiger partial charge in [0.25, 0.3) is 0 Å². The minimum atomic E-state index is -0.115. The third-order valence-electron chi connectivity index (χ3n) is 3.86. The van der Waals surface area contributed by atoms with Crippen molar-refractivity contribution in [3.05, 3.63) is 35.1 Å². The summed E-state index contributed by atoms with van der Waals surface area (Å²) in [5, 5.41) is 0. The molecule has 0 spiro atoms. The first-order chi connectivity index (χ1) is 8.70. The third-order valence-corrected chi connectivity index (χ3v) is 3.86. The van der Waals surface area contributed by atoms with E-state index < -0.39 is 0 Å². The van der Waals surface area contributed by atoms with E-state index in [1.165, 1.54) is 24.8 Å². The Kier molecular flexibility index (Phi) is 6.76.